The number of nitrogens with zero attached hydrogens (tertiary/aromatic N) is 1. The summed E-state index contributed by atoms with van der Waals surface area (Å²) in [5.41, 5.74) is 1.26. The molecule has 2 aliphatic heterocycles. The number of carbonyl (C=O) groups excluding carboxylic acids is 2. The van der Waals surface area contributed by atoms with Gasteiger partial charge in [0.25, 0.3) is 0 Å². The minimum absolute atomic E-state index is 0. The number of alkyl halides is 3. The van der Waals surface area contributed by atoms with Gasteiger partial charge < -0.3 is 30.0 Å². The zero-order chi connectivity index (χ0) is 22.0. The molecule has 184 valence electrons. The van der Waals surface area contributed by atoms with E-state index in [9.17, 15) is 22.8 Å². The molecule has 1 aromatic carbocycles. The predicted octanol–water partition coefficient (Wildman–Crippen LogP) is 3.68. The van der Waals surface area contributed by atoms with Crippen LogP contribution in [0.5, 0.6) is 11.5 Å². The van der Waals surface area contributed by atoms with Gasteiger partial charge in [0.1, 0.15) is 19.0 Å². The number of benzene rings is 1. The Labute approximate surface area is 187 Å². The largest absolute Gasteiger partial charge is 0.486 e. The highest BCUT2D eigenvalue weighted by molar-refractivity contribution is 5.81. The normalized spacial score (nSPS) is 14.3. The van der Waals surface area contributed by atoms with Gasteiger partial charge in [-0.1, -0.05) is 13.8 Å². The first kappa shape index (κ1) is 29.5. The van der Waals surface area contributed by atoms with Crippen LogP contribution in [0.25, 0.3) is 0 Å². The molecule has 10 heteroatoms. The zero-order valence-electron chi connectivity index (χ0n) is 17.7. The van der Waals surface area contributed by atoms with Crippen LogP contribution in [0, 0.1) is 0 Å². The molecule has 3 rings (SSSR count). The summed E-state index contributed by atoms with van der Waals surface area (Å²) in [6.45, 7) is 5.12. The van der Waals surface area contributed by atoms with Crippen molar-refractivity contribution in [2.75, 3.05) is 37.7 Å². The fourth-order valence-electron chi connectivity index (χ4n) is 3.18. The number of Topliss-reactive ketones (excluding diaryl/α,β-unsaturated/α-hetero) is 1. The Morgan fingerprint density at radius 3 is 2.25 bits per heavy atom. The van der Waals surface area contributed by atoms with Crippen molar-refractivity contribution < 1.29 is 37.7 Å². The summed E-state index contributed by atoms with van der Waals surface area (Å²) in [5.74, 6) is -0.0711. The molecule has 2 aliphatic rings. The van der Waals surface area contributed by atoms with Crippen LogP contribution in [0.15, 0.2) is 18.2 Å². The number of nitrogens with one attached hydrogen (secondary N) is 1. The molecular weight excluding hydrogens is 429 g/mol. The molecule has 0 aliphatic carbocycles. The number of hydrogen-bond donors (Lipinski definition) is 1. The van der Waals surface area contributed by atoms with Crippen molar-refractivity contribution >= 4 is 17.4 Å². The van der Waals surface area contributed by atoms with E-state index in [1.807, 2.05) is 6.07 Å². The van der Waals surface area contributed by atoms with Crippen LogP contribution < -0.4 is 19.7 Å². The lowest BCUT2D eigenvalue weighted by Crippen LogP contribution is -2.37. The lowest BCUT2D eigenvalue weighted by molar-refractivity contribution is -0.173. The summed E-state index contributed by atoms with van der Waals surface area (Å²) in [6, 6.07) is 6.24. The molecular formula is C22H35F3N2O5. The molecule has 0 unspecified atom stereocenters. The van der Waals surface area contributed by atoms with E-state index in [4.69, 9.17) is 9.47 Å². The maximum atomic E-state index is 11.7. The van der Waals surface area contributed by atoms with Crippen molar-refractivity contribution in [3.8, 4) is 11.5 Å². The second kappa shape index (κ2) is 14.5. The maximum absolute atomic E-state index is 11.7. The minimum Gasteiger partial charge on any atom is -0.486 e. The zero-order valence-corrected chi connectivity index (χ0v) is 17.7. The molecule has 0 spiro atoms. The van der Waals surface area contributed by atoms with E-state index >= 15 is 0 Å². The Morgan fingerprint density at radius 2 is 1.66 bits per heavy atom. The fraction of sp³-hybridized carbons (Fsp3) is 0.636. The van der Waals surface area contributed by atoms with Gasteiger partial charge in [0, 0.05) is 37.8 Å². The smallest absolute Gasteiger partial charge is 0.471 e. The van der Waals surface area contributed by atoms with Gasteiger partial charge in [0.15, 0.2) is 11.5 Å². The van der Waals surface area contributed by atoms with Gasteiger partial charge in [-0.3, -0.25) is 4.79 Å². The predicted molar refractivity (Wildman–Crippen MR) is 117 cm³/mol. The van der Waals surface area contributed by atoms with Gasteiger partial charge in [0.05, 0.1) is 0 Å². The van der Waals surface area contributed by atoms with E-state index in [0.29, 0.717) is 38.9 Å². The fourth-order valence-corrected chi connectivity index (χ4v) is 3.18. The molecule has 0 aromatic heterocycles. The van der Waals surface area contributed by atoms with Gasteiger partial charge >= 0.3 is 12.1 Å². The van der Waals surface area contributed by atoms with E-state index < -0.39 is 12.1 Å². The number of unbranched alkanes of at least 4 members (excludes halogenated alkanes) is 2. The van der Waals surface area contributed by atoms with E-state index in [2.05, 4.69) is 17.0 Å². The van der Waals surface area contributed by atoms with Crippen molar-refractivity contribution in [1.82, 2.24) is 5.32 Å². The molecule has 1 amide bonds. The number of anilines is 1. The Balaban J connectivity index is 0.000000565. The first-order valence-electron chi connectivity index (χ1n) is 10.3. The van der Waals surface area contributed by atoms with Crippen LogP contribution in [0.2, 0.25) is 0 Å². The van der Waals surface area contributed by atoms with Gasteiger partial charge in [-0.2, -0.15) is 13.2 Å². The summed E-state index contributed by atoms with van der Waals surface area (Å²) >= 11 is 0. The Kier molecular flexibility index (Phi) is 13.4. The van der Waals surface area contributed by atoms with Crippen LogP contribution in [0.3, 0.4) is 0 Å². The average Bonchev–Trinajstić information content (AvgIpc) is 3.24. The molecule has 3 N–H and O–H groups in total. The number of hydrogen-bond acceptors (Lipinski definition) is 5. The molecule has 0 bridgehead atoms. The highest BCUT2D eigenvalue weighted by Gasteiger charge is 2.38. The summed E-state index contributed by atoms with van der Waals surface area (Å²) in [7, 11) is 0. The van der Waals surface area contributed by atoms with Crippen molar-refractivity contribution in [3.05, 3.63) is 18.2 Å². The first-order chi connectivity index (χ1) is 14.3. The van der Waals surface area contributed by atoms with Gasteiger partial charge in [-0.05, 0) is 44.7 Å². The number of rotatable bonds is 7. The monoisotopic (exact) mass is 464 g/mol. The van der Waals surface area contributed by atoms with E-state index in [-0.39, 0.29) is 25.2 Å². The number of carbonyl (C=O) groups is 2. The second-order valence-corrected chi connectivity index (χ2v) is 7.29. The Morgan fingerprint density at radius 1 is 1.03 bits per heavy atom. The number of halogens is 3. The summed E-state index contributed by atoms with van der Waals surface area (Å²) in [6.07, 6.45) is -0.0282. The number of ketones is 1. The Hall–Kier alpha value is -2.49. The van der Waals surface area contributed by atoms with Gasteiger partial charge in [-0.25, -0.2) is 0 Å². The first-order valence-corrected chi connectivity index (χ1v) is 10.3. The van der Waals surface area contributed by atoms with Gasteiger partial charge in [-0.15, -0.1) is 0 Å². The molecule has 32 heavy (non-hydrogen) atoms. The van der Waals surface area contributed by atoms with Crippen molar-refractivity contribution in [1.29, 1.82) is 0 Å². The standard InChI is InChI=1S/C12H15NO2.C9H14F3NO2.CH4.H2O/c1-2-6-13(5-1)10-3-4-11-12(9-10)15-8-7-14-11;1-7(14)5-3-2-4-6-13-8(15)9(10,11)12;;/h3-4,9H,1-2,5-8H2;2-6H2,1H3,(H,13,15);1H4;1H2. The number of amides is 1. The highest BCUT2D eigenvalue weighted by atomic mass is 19.4. The van der Waals surface area contributed by atoms with Crippen molar-refractivity contribution in [2.24, 2.45) is 0 Å². The van der Waals surface area contributed by atoms with E-state index in [1.54, 1.807) is 5.32 Å². The highest BCUT2D eigenvalue weighted by Crippen LogP contribution is 2.34. The lowest BCUT2D eigenvalue weighted by Gasteiger charge is -2.22. The molecule has 0 atom stereocenters. The quantitative estimate of drug-likeness (QED) is 0.621. The third kappa shape index (κ3) is 10.2. The van der Waals surface area contributed by atoms with E-state index in [0.717, 1.165) is 11.5 Å². The molecule has 7 nitrogen and oxygen atoms in total. The van der Waals surface area contributed by atoms with Crippen LogP contribution in [0.1, 0.15) is 52.9 Å². The molecule has 0 radical (unpaired) electrons. The number of ether oxygens (including phenoxy) is 2. The Bertz CT molecular complexity index is 707. The average molecular weight is 465 g/mol. The van der Waals surface area contributed by atoms with Crippen molar-refractivity contribution in [2.45, 2.75) is 59.1 Å². The molecule has 1 aromatic rings. The van der Waals surface area contributed by atoms with Crippen LogP contribution in [-0.4, -0.2) is 56.2 Å². The molecule has 2 heterocycles. The summed E-state index contributed by atoms with van der Waals surface area (Å²) in [4.78, 5) is 23.2. The van der Waals surface area contributed by atoms with Crippen LogP contribution >= 0.6 is 0 Å². The van der Waals surface area contributed by atoms with Crippen LogP contribution in [0.4, 0.5) is 18.9 Å². The topological polar surface area (TPSA) is 99.4 Å². The van der Waals surface area contributed by atoms with Gasteiger partial charge in [0.2, 0.25) is 0 Å². The SMILES string of the molecule is C.CC(=O)CCCCCNC(=O)C(F)(F)F.O.c1cc2c(cc1N1CCCC1)OCCO2. The van der Waals surface area contributed by atoms with E-state index in [1.165, 1.54) is 38.5 Å². The van der Waals surface area contributed by atoms with Crippen molar-refractivity contribution in [3.63, 3.8) is 0 Å². The van der Waals surface area contributed by atoms with Crippen LogP contribution in [-0.2, 0) is 9.59 Å². The molecule has 1 fully saturated rings. The third-order valence-electron chi connectivity index (χ3n) is 4.75. The maximum Gasteiger partial charge on any atom is 0.471 e. The lowest BCUT2D eigenvalue weighted by atomic mass is 10.1. The molecule has 0 saturated carbocycles. The minimum atomic E-state index is -4.81. The summed E-state index contributed by atoms with van der Waals surface area (Å²) < 4.78 is 46.1. The number of fused-ring (bicyclic) bond motifs is 1. The third-order valence-corrected chi connectivity index (χ3v) is 4.75. The second-order valence-electron chi connectivity index (χ2n) is 7.29. The summed E-state index contributed by atoms with van der Waals surface area (Å²) in [5, 5.41) is 1.76. The molecule has 1 saturated heterocycles.